The molecule has 5 aromatic rings. The fourth-order valence-electron chi connectivity index (χ4n) is 8.36. The first-order chi connectivity index (χ1) is 27.0. The molecule has 55 heavy (non-hydrogen) atoms. The van der Waals surface area contributed by atoms with Crippen LogP contribution in [0.2, 0.25) is 0 Å². The van der Waals surface area contributed by atoms with Crippen LogP contribution in [0.1, 0.15) is 40.2 Å². The summed E-state index contributed by atoms with van der Waals surface area (Å²) in [7, 11) is 1.58. The number of hydrogen-bond donors (Lipinski definition) is 1. The van der Waals surface area contributed by atoms with E-state index in [1.165, 1.54) is 4.90 Å². The van der Waals surface area contributed by atoms with Gasteiger partial charge in [-0.15, -0.1) is 0 Å². The summed E-state index contributed by atoms with van der Waals surface area (Å²) in [6, 6.07) is 45.4. The van der Waals surface area contributed by atoms with Gasteiger partial charge < -0.3 is 29.0 Å². The van der Waals surface area contributed by atoms with Crippen molar-refractivity contribution in [2.75, 3.05) is 26.8 Å². The van der Waals surface area contributed by atoms with Crippen LogP contribution in [-0.2, 0) is 48.3 Å². The van der Waals surface area contributed by atoms with Crippen molar-refractivity contribution in [3.8, 4) is 11.1 Å². The van der Waals surface area contributed by atoms with Gasteiger partial charge in [0.1, 0.15) is 36.6 Å². The van der Waals surface area contributed by atoms with E-state index in [4.69, 9.17) is 23.7 Å². The monoisotopic (exact) mass is 738 g/mol. The maximum atomic E-state index is 14.3. The zero-order valence-corrected chi connectivity index (χ0v) is 30.9. The minimum absolute atomic E-state index is 0.0710. The first-order valence-electron chi connectivity index (χ1n) is 19.0. The maximum absolute atomic E-state index is 14.3. The highest BCUT2D eigenvalue weighted by Gasteiger charge is 2.63. The number of fused-ring (bicyclic) bond motifs is 3. The van der Waals surface area contributed by atoms with Crippen molar-refractivity contribution < 1.29 is 33.3 Å². The van der Waals surface area contributed by atoms with E-state index >= 15 is 0 Å². The van der Waals surface area contributed by atoms with Gasteiger partial charge in [0, 0.05) is 19.4 Å². The predicted octanol–water partition coefficient (Wildman–Crippen LogP) is 7.28. The molecule has 1 N–H and O–H groups in total. The van der Waals surface area contributed by atoms with Crippen molar-refractivity contribution in [3.63, 3.8) is 0 Å². The molecule has 0 unspecified atom stereocenters. The molecule has 0 radical (unpaired) electrons. The molecule has 3 aliphatic rings. The highest BCUT2D eigenvalue weighted by molar-refractivity contribution is 5.86. The Hall–Kier alpha value is -5.32. The molecule has 282 valence electrons. The zero-order chi connectivity index (χ0) is 37.6. The molecule has 5 aromatic carbocycles. The van der Waals surface area contributed by atoms with Crippen molar-refractivity contribution in [1.29, 1.82) is 0 Å². The summed E-state index contributed by atoms with van der Waals surface area (Å²) in [4.78, 5) is 29.4. The fraction of sp³-hybridized carbons (Fsp3) is 0.304. The molecule has 2 saturated heterocycles. The minimum atomic E-state index is -1.10. The van der Waals surface area contributed by atoms with E-state index in [1.807, 2.05) is 115 Å². The van der Waals surface area contributed by atoms with E-state index in [0.717, 1.165) is 38.9 Å². The molecule has 0 aromatic heterocycles. The second kappa shape index (κ2) is 16.6. The van der Waals surface area contributed by atoms with Gasteiger partial charge in [-0.25, -0.2) is 4.79 Å². The summed E-state index contributed by atoms with van der Waals surface area (Å²) in [6.07, 6.45) is -2.17. The average Bonchev–Trinajstić information content (AvgIpc) is 3.88. The molecular weight excluding hydrogens is 693 g/mol. The Morgan fingerprint density at radius 2 is 1.22 bits per heavy atom. The molecule has 0 bridgehead atoms. The third-order valence-electron chi connectivity index (χ3n) is 11.0. The minimum Gasteiger partial charge on any atom is -0.448 e. The molecule has 2 heterocycles. The Bertz CT molecular complexity index is 2020. The van der Waals surface area contributed by atoms with Crippen molar-refractivity contribution >= 4 is 12.0 Å². The van der Waals surface area contributed by atoms with Gasteiger partial charge in [0.25, 0.3) is 0 Å². The molecule has 1 spiro atoms. The van der Waals surface area contributed by atoms with Crippen molar-refractivity contribution in [3.05, 3.63) is 167 Å². The quantitative estimate of drug-likeness (QED) is 0.136. The number of amides is 2. The zero-order valence-electron chi connectivity index (χ0n) is 30.9. The van der Waals surface area contributed by atoms with E-state index in [0.29, 0.717) is 13.2 Å². The largest absolute Gasteiger partial charge is 0.448 e. The number of likely N-dealkylation sites (tertiary alicyclic amines) is 1. The number of hydrogen-bond acceptors (Lipinski definition) is 7. The van der Waals surface area contributed by atoms with Gasteiger partial charge in [-0.2, -0.15) is 0 Å². The Morgan fingerprint density at radius 1 is 0.691 bits per heavy atom. The lowest BCUT2D eigenvalue weighted by atomic mass is 9.91. The standard InChI is InChI=1S/C46H46N2O7/c1-47-44(49)40-25-46(31-48(40)45(50)54-29-39-37-23-13-11-21-35(37)36-22-12-14-24-38(36)39)43(53-28-34-19-9-4-10-20-34)42(52-27-33-17-7-3-8-18-33)41(55-46)30-51-26-32-15-5-2-6-16-32/h2-24,39-43H,25-31H2,1H3,(H,47,49)/t40-,41-,42-,43+,46+/m1/s1. The summed E-state index contributed by atoms with van der Waals surface area (Å²) < 4.78 is 33.0. The molecule has 5 atom stereocenters. The number of nitrogens with one attached hydrogen (secondary N) is 1. The van der Waals surface area contributed by atoms with Crippen LogP contribution in [-0.4, -0.2) is 73.7 Å². The van der Waals surface area contributed by atoms with Gasteiger partial charge in [-0.05, 0) is 38.9 Å². The molecule has 2 aliphatic heterocycles. The van der Waals surface area contributed by atoms with Crippen LogP contribution in [0.25, 0.3) is 11.1 Å². The Morgan fingerprint density at radius 3 is 1.80 bits per heavy atom. The number of rotatable bonds is 13. The molecular formula is C46H46N2O7. The predicted molar refractivity (Wildman–Crippen MR) is 208 cm³/mol. The molecule has 1 aliphatic carbocycles. The van der Waals surface area contributed by atoms with E-state index in [9.17, 15) is 9.59 Å². The topological polar surface area (TPSA) is 95.6 Å². The second-order valence-corrected chi connectivity index (χ2v) is 14.5. The van der Waals surface area contributed by atoms with Gasteiger partial charge in [0.2, 0.25) is 5.91 Å². The molecule has 9 nitrogen and oxygen atoms in total. The van der Waals surface area contributed by atoms with E-state index < -0.39 is 36.0 Å². The Kier molecular flexibility index (Phi) is 11.1. The first-order valence-corrected chi connectivity index (χ1v) is 19.0. The molecule has 9 heteroatoms. The lowest BCUT2D eigenvalue weighted by Gasteiger charge is -2.31. The van der Waals surface area contributed by atoms with Crippen LogP contribution in [0.5, 0.6) is 0 Å². The van der Waals surface area contributed by atoms with E-state index in [-0.39, 0.29) is 44.6 Å². The van der Waals surface area contributed by atoms with Crippen molar-refractivity contribution in [1.82, 2.24) is 10.2 Å². The maximum Gasteiger partial charge on any atom is 0.410 e. The number of carbonyl (C=O) groups excluding carboxylic acids is 2. The SMILES string of the molecule is CNC(=O)[C@H]1C[C@@]2(CN1C(=O)OCC1c3ccccc3-c3ccccc31)O[C@H](COCc1ccccc1)[C@@H](OCc1ccccc1)[C@@H]2OCc1ccccc1. The van der Waals surface area contributed by atoms with E-state index in [2.05, 4.69) is 29.6 Å². The van der Waals surface area contributed by atoms with Crippen LogP contribution in [0, 0.1) is 0 Å². The number of nitrogens with zero attached hydrogens (tertiary/aromatic N) is 1. The smallest absolute Gasteiger partial charge is 0.410 e. The normalized spacial score (nSPS) is 22.7. The molecule has 2 amide bonds. The number of benzene rings is 5. The first kappa shape index (κ1) is 36.6. The third kappa shape index (κ3) is 7.79. The van der Waals surface area contributed by atoms with Gasteiger partial charge in [0.05, 0.1) is 33.0 Å². The van der Waals surface area contributed by atoms with Crippen LogP contribution in [0.3, 0.4) is 0 Å². The van der Waals surface area contributed by atoms with Crippen molar-refractivity contribution in [2.45, 2.75) is 62.1 Å². The number of ether oxygens (including phenoxy) is 5. The summed E-state index contributed by atoms with van der Waals surface area (Å²) in [6.45, 7) is 1.42. The summed E-state index contributed by atoms with van der Waals surface area (Å²) in [5.74, 6) is -0.431. The van der Waals surface area contributed by atoms with Crippen molar-refractivity contribution in [2.24, 2.45) is 0 Å². The molecule has 2 fully saturated rings. The van der Waals surface area contributed by atoms with Crippen LogP contribution in [0.4, 0.5) is 4.79 Å². The van der Waals surface area contributed by atoms with Gasteiger partial charge >= 0.3 is 6.09 Å². The fourth-order valence-corrected chi connectivity index (χ4v) is 8.36. The van der Waals surface area contributed by atoms with Gasteiger partial charge in [-0.3, -0.25) is 9.69 Å². The Labute approximate surface area is 322 Å². The lowest BCUT2D eigenvalue weighted by molar-refractivity contribution is -0.126. The van der Waals surface area contributed by atoms with E-state index in [1.54, 1.807) is 7.05 Å². The second-order valence-electron chi connectivity index (χ2n) is 14.5. The summed E-state index contributed by atoms with van der Waals surface area (Å²) in [5, 5.41) is 2.77. The third-order valence-corrected chi connectivity index (χ3v) is 11.0. The molecule has 0 saturated carbocycles. The van der Waals surface area contributed by atoms with Crippen LogP contribution < -0.4 is 5.32 Å². The van der Waals surface area contributed by atoms with Crippen LogP contribution in [0.15, 0.2) is 140 Å². The lowest BCUT2D eigenvalue weighted by Crippen LogP contribution is -2.48. The molecule has 8 rings (SSSR count). The Balaban J connectivity index is 1.08. The van der Waals surface area contributed by atoms with Gasteiger partial charge in [0.15, 0.2) is 0 Å². The number of likely N-dealkylation sites (N-methyl/N-ethyl adjacent to an activating group) is 1. The van der Waals surface area contributed by atoms with Crippen LogP contribution >= 0.6 is 0 Å². The van der Waals surface area contributed by atoms with Gasteiger partial charge in [-0.1, -0.05) is 140 Å². The highest BCUT2D eigenvalue weighted by Crippen LogP contribution is 2.47. The summed E-state index contributed by atoms with van der Waals surface area (Å²) in [5.41, 5.74) is 6.44. The highest BCUT2D eigenvalue weighted by atomic mass is 16.6. The average molecular weight is 739 g/mol. The number of carbonyl (C=O) groups is 2. The summed E-state index contributed by atoms with van der Waals surface area (Å²) >= 11 is 0.